The zero-order valence-electron chi connectivity index (χ0n) is 17.0. The second-order valence-electron chi connectivity index (χ2n) is 8.16. The lowest BCUT2D eigenvalue weighted by Crippen LogP contribution is -2.38. The van der Waals surface area contributed by atoms with Crippen LogP contribution < -0.4 is 15.5 Å². The molecule has 3 aromatic rings. The summed E-state index contributed by atoms with van der Waals surface area (Å²) in [6.45, 7) is 7.32. The van der Waals surface area contributed by atoms with Gasteiger partial charge in [-0.05, 0) is 32.0 Å². The number of aromatic nitrogens is 3. The Bertz CT molecular complexity index is 1110. The van der Waals surface area contributed by atoms with Crippen LogP contribution in [0.3, 0.4) is 0 Å². The first kappa shape index (κ1) is 19.2. The standard InChI is InChI=1S/C21H24N6O2S/c1-21(2)13-30-18-11-17(26-6-8-29-9-7-26)15(10-16(18)25-21)24-20(28)14-12-23-27-5-3-4-22-19(14)27/h3-5,10-12,25H,6-9,13H2,1-2H3,(H,24,28). The first-order valence-electron chi connectivity index (χ1n) is 10.0. The molecule has 1 amide bonds. The van der Waals surface area contributed by atoms with Crippen LogP contribution in [0.15, 0.2) is 41.7 Å². The fourth-order valence-electron chi connectivity index (χ4n) is 3.79. The molecule has 2 aliphatic heterocycles. The van der Waals surface area contributed by atoms with Gasteiger partial charge < -0.3 is 20.3 Å². The van der Waals surface area contributed by atoms with Gasteiger partial charge >= 0.3 is 0 Å². The predicted octanol–water partition coefficient (Wildman–Crippen LogP) is 3.11. The van der Waals surface area contributed by atoms with E-state index in [1.807, 2.05) is 17.8 Å². The number of anilines is 3. The molecule has 9 heteroatoms. The topological polar surface area (TPSA) is 83.8 Å². The minimum atomic E-state index is -0.221. The molecule has 4 heterocycles. The van der Waals surface area contributed by atoms with Crippen molar-refractivity contribution in [3.8, 4) is 0 Å². The molecular formula is C21H24N6O2S. The van der Waals surface area contributed by atoms with Gasteiger partial charge in [-0.15, -0.1) is 11.8 Å². The molecule has 1 fully saturated rings. The van der Waals surface area contributed by atoms with E-state index in [4.69, 9.17) is 4.74 Å². The number of rotatable bonds is 3. The lowest BCUT2D eigenvalue weighted by atomic mass is 10.1. The zero-order chi connectivity index (χ0) is 20.7. The van der Waals surface area contributed by atoms with Crippen LogP contribution in [0, 0.1) is 0 Å². The Morgan fingerprint density at radius 1 is 1.30 bits per heavy atom. The maximum Gasteiger partial charge on any atom is 0.261 e. The first-order valence-corrected chi connectivity index (χ1v) is 11.0. The maximum absolute atomic E-state index is 13.1. The van der Waals surface area contributed by atoms with Crippen molar-refractivity contribution in [3.05, 3.63) is 42.4 Å². The van der Waals surface area contributed by atoms with E-state index in [1.54, 1.807) is 29.2 Å². The van der Waals surface area contributed by atoms with E-state index in [2.05, 4.69) is 45.5 Å². The van der Waals surface area contributed by atoms with E-state index in [1.165, 1.54) is 4.90 Å². The summed E-state index contributed by atoms with van der Waals surface area (Å²) < 4.78 is 7.13. The van der Waals surface area contributed by atoms with E-state index >= 15 is 0 Å². The summed E-state index contributed by atoms with van der Waals surface area (Å²) in [7, 11) is 0. The maximum atomic E-state index is 13.1. The van der Waals surface area contributed by atoms with Crippen molar-refractivity contribution in [2.24, 2.45) is 0 Å². The van der Waals surface area contributed by atoms with Crippen molar-refractivity contribution in [2.75, 3.05) is 47.6 Å². The smallest absolute Gasteiger partial charge is 0.261 e. The quantitative estimate of drug-likeness (QED) is 0.668. The van der Waals surface area contributed by atoms with Crippen molar-refractivity contribution < 1.29 is 9.53 Å². The Morgan fingerprint density at radius 3 is 2.97 bits per heavy atom. The molecule has 156 valence electrons. The Balaban J connectivity index is 1.52. The van der Waals surface area contributed by atoms with Gasteiger partial charge in [0, 0.05) is 41.7 Å². The lowest BCUT2D eigenvalue weighted by molar-refractivity contribution is 0.102. The average molecular weight is 425 g/mol. The number of hydrogen-bond acceptors (Lipinski definition) is 7. The number of carbonyl (C=O) groups excluding carboxylic acids is 1. The van der Waals surface area contributed by atoms with Gasteiger partial charge in [0.25, 0.3) is 5.91 Å². The van der Waals surface area contributed by atoms with Crippen molar-refractivity contribution in [2.45, 2.75) is 24.3 Å². The molecule has 0 aliphatic carbocycles. The second kappa shape index (κ2) is 7.48. The van der Waals surface area contributed by atoms with Gasteiger partial charge in [-0.3, -0.25) is 4.79 Å². The Morgan fingerprint density at radius 2 is 2.13 bits per heavy atom. The molecule has 1 aromatic carbocycles. The van der Waals surface area contributed by atoms with Gasteiger partial charge in [0.05, 0.1) is 36.5 Å². The molecule has 2 N–H and O–H groups in total. The molecule has 0 atom stereocenters. The highest BCUT2D eigenvalue weighted by Gasteiger charge is 2.28. The first-order chi connectivity index (χ1) is 14.5. The van der Waals surface area contributed by atoms with Gasteiger partial charge in [-0.1, -0.05) is 0 Å². The summed E-state index contributed by atoms with van der Waals surface area (Å²) in [4.78, 5) is 20.9. The minimum absolute atomic E-state index is 0.00815. The molecule has 2 aromatic heterocycles. The fraction of sp³-hybridized carbons (Fsp3) is 0.381. The van der Waals surface area contributed by atoms with E-state index in [0.717, 1.165) is 35.9 Å². The number of hydrogen-bond donors (Lipinski definition) is 2. The Labute approximate surface area is 179 Å². The average Bonchev–Trinajstić information content (AvgIpc) is 3.17. The third-order valence-electron chi connectivity index (χ3n) is 5.28. The number of thioether (sulfide) groups is 1. The molecule has 0 saturated carbocycles. The number of carbonyl (C=O) groups is 1. The molecule has 8 nitrogen and oxygen atoms in total. The van der Waals surface area contributed by atoms with Crippen LogP contribution in [0.4, 0.5) is 17.1 Å². The Hall–Kier alpha value is -2.78. The van der Waals surface area contributed by atoms with Gasteiger partial charge in [0.2, 0.25) is 0 Å². The molecule has 0 unspecified atom stereocenters. The SMILES string of the molecule is CC1(C)CSc2cc(N3CCOCC3)c(NC(=O)c3cnn4cccnc34)cc2N1. The van der Waals surface area contributed by atoms with Crippen molar-refractivity contribution in [1.82, 2.24) is 14.6 Å². The number of amides is 1. The zero-order valence-corrected chi connectivity index (χ0v) is 17.8. The van der Waals surface area contributed by atoms with Gasteiger partial charge in [0.15, 0.2) is 5.65 Å². The minimum Gasteiger partial charge on any atom is -0.378 e. The number of morpholine rings is 1. The highest BCUT2D eigenvalue weighted by Crippen LogP contribution is 2.43. The fourth-order valence-corrected chi connectivity index (χ4v) is 4.84. The van der Waals surface area contributed by atoms with Crippen LogP contribution in [0.1, 0.15) is 24.2 Å². The second-order valence-corrected chi connectivity index (χ2v) is 9.18. The van der Waals surface area contributed by atoms with Crippen LogP contribution >= 0.6 is 11.8 Å². The summed E-state index contributed by atoms with van der Waals surface area (Å²) in [5.74, 6) is 0.767. The highest BCUT2D eigenvalue weighted by atomic mass is 32.2. The number of nitrogens with one attached hydrogen (secondary N) is 2. The molecule has 5 rings (SSSR count). The number of benzene rings is 1. The Kier molecular flexibility index (Phi) is 4.79. The summed E-state index contributed by atoms with van der Waals surface area (Å²) >= 11 is 1.84. The molecule has 0 bridgehead atoms. The third kappa shape index (κ3) is 3.59. The number of ether oxygens (including phenoxy) is 1. The van der Waals surface area contributed by atoms with Crippen LogP contribution in [-0.2, 0) is 4.74 Å². The normalized spacial score (nSPS) is 18.0. The van der Waals surface area contributed by atoms with Crippen LogP contribution in [0.5, 0.6) is 0 Å². The summed E-state index contributed by atoms with van der Waals surface area (Å²) in [6, 6.07) is 6.01. The monoisotopic (exact) mass is 424 g/mol. The summed E-state index contributed by atoms with van der Waals surface area (Å²) in [5, 5.41) is 10.9. The van der Waals surface area contributed by atoms with Crippen molar-refractivity contribution in [3.63, 3.8) is 0 Å². The summed E-state index contributed by atoms with van der Waals surface area (Å²) in [5.41, 5.74) is 3.82. The van der Waals surface area contributed by atoms with Crippen LogP contribution in [0.2, 0.25) is 0 Å². The molecule has 0 radical (unpaired) electrons. The van der Waals surface area contributed by atoms with E-state index in [-0.39, 0.29) is 11.4 Å². The van der Waals surface area contributed by atoms with E-state index in [0.29, 0.717) is 24.4 Å². The van der Waals surface area contributed by atoms with Crippen LogP contribution in [-0.4, -0.2) is 58.1 Å². The highest BCUT2D eigenvalue weighted by molar-refractivity contribution is 7.99. The van der Waals surface area contributed by atoms with E-state index in [9.17, 15) is 4.79 Å². The van der Waals surface area contributed by atoms with Gasteiger partial charge in [0.1, 0.15) is 5.56 Å². The van der Waals surface area contributed by atoms with Crippen molar-refractivity contribution in [1.29, 1.82) is 0 Å². The van der Waals surface area contributed by atoms with Gasteiger partial charge in [-0.2, -0.15) is 5.10 Å². The van der Waals surface area contributed by atoms with Crippen LogP contribution in [0.25, 0.3) is 5.65 Å². The lowest BCUT2D eigenvalue weighted by Gasteiger charge is -2.36. The molecule has 2 aliphatic rings. The number of nitrogens with zero attached hydrogens (tertiary/aromatic N) is 4. The van der Waals surface area contributed by atoms with Gasteiger partial charge in [-0.25, -0.2) is 9.50 Å². The predicted molar refractivity (Wildman–Crippen MR) is 119 cm³/mol. The number of fused-ring (bicyclic) bond motifs is 2. The van der Waals surface area contributed by atoms with Crippen molar-refractivity contribution >= 4 is 40.4 Å². The molecule has 1 saturated heterocycles. The molecule has 30 heavy (non-hydrogen) atoms. The molecular weight excluding hydrogens is 400 g/mol. The third-order valence-corrected chi connectivity index (χ3v) is 6.80. The van der Waals surface area contributed by atoms with E-state index < -0.39 is 0 Å². The molecule has 0 spiro atoms. The summed E-state index contributed by atoms with van der Waals surface area (Å²) in [6.07, 6.45) is 5.00. The largest absolute Gasteiger partial charge is 0.378 e.